The zero-order valence-corrected chi connectivity index (χ0v) is 18.0. The standard InChI is InChI=1S/C27H20O6/c1-14-8-10-19-17(12-14)24(28)22(26(30)32-19)21(16-6-4-3-5-7-16)23-25(29)18-13-15(2)9-11-20(18)33-27(23)31/h3-13,21,28-29H,1-2H3. The van der Waals surface area contributed by atoms with Gasteiger partial charge in [0.1, 0.15) is 22.7 Å². The topological polar surface area (TPSA) is 101 Å². The van der Waals surface area contributed by atoms with Crippen LogP contribution < -0.4 is 11.3 Å². The van der Waals surface area contributed by atoms with Crippen molar-refractivity contribution < 1.29 is 19.0 Å². The van der Waals surface area contributed by atoms with Gasteiger partial charge in [-0.1, -0.05) is 53.6 Å². The third kappa shape index (κ3) is 3.36. The molecular formula is C27H20O6. The van der Waals surface area contributed by atoms with Gasteiger partial charge in [-0.25, -0.2) is 9.59 Å². The predicted molar refractivity (Wildman–Crippen MR) is 125 cm³/mol. The minimum Gasteiger partial charge on any atom is -0.507 e. The molecule has 0 aliphatic rings. The van der Waals surface area contributed by atoms with Crippen molar-refractivity contribution in [1.82, 2.24) is 0 Å². The summed E-state index contributed by atoms with van der Waals surface area (Å²) >= 11 is 0. The van der Waals surface area contributed by atoms with E-state index in [0.29, 0.717) is 16.3 Å². The van der Waals surface area contributed by atoms with Gasteiger partial charge in [-0.15, -0.1) is 0 Å². The van der Waals surface area contributed by atoms with E-state index in [2.05, 4.69) is 0 Å². The minimum absolute atomic E-state index is 0.145. The molecule has 2 aromatic heterocycles. The van der Waals surface area contributed by atoms with Crippen LogP contribution in [-0.4, -0.2) is 10.2 Å². The summed E-state index contributed by atoms with van der Waals surface area (Å²) < 4.78 is 11.0. The summed E-state index contributed by atoms with van der Waals surface area (Å²) in [4.78, 5) is 26.3. The molecule has 0 aliphatic heterocycles. The maximum atomic E-state index is 13.1. The first-order valence-corrected chi connectivity index (χ1v) is 10.4. The van der Waals surface area contributed by atoms with Gasteiger partial charge in [0.05, 0.1) is 27.8 Å². The maximum Gasteiger partial charge on any atom is 0.344 e. The van der Waals surface area contributed by atoms with E-state index in [1.807, 2.05) is 13.8 Å². The Morgan fingerprint density at radius 2 is 1.12 bits per heavy atom. The van der Waals surface area contributed by atoms with Crippen LogP contribution in [0.25, 0.3) is 21.9 Å². The Balaban J connectivity index is 1.91. The van der Waals surface area contributed by atoms with Crippen LogP contribution in [-0.2, 0) is 0 Å². The summed E-state index contributed by atoms with van der Waals surface area (Å²) in [5.74, 6) is -1.72. The molecule has 0 amide bonds. The lowest BCUT2D eigenvalue weighted by Crippen LogP contribution is -2.21. The summed E-state index contributed by atoms with van der Waals surface area (Å²) in [6.07, 6.45) is 0. The fourth-order valence-electron chi connectivity index (χ4n) is 4.26. The van der Waals surface area contributed by atoms with E-state index in [1.165, 1.54) is 0 Å². The zero-order chi connectivity index (χ0) is 23.3. The predicted octanol–water partition coefficient (Wildman–Crippen LogP) is 5.11. The van der Waals surface area contributed by atoms with Crippen molar-refractivity contribution in [3.8, 4) is 11.5 Å². The van der Waals surface area contributed by atoms with Crippen LogP contribution in [0.5, 0.6) is 11.5 Å². The number of aromatic hydroxyl groups is 2. The van der Waals surface area contributed by atoms with Crippen molar-refractivity contribution in [3.63, 3.8) is 0 Å². The van der Waals surface area contributed by atoms with Crippen LogP contribution in [0, 0.1) is 13.8 Å². The van der Waals surface area contributed by atoms with Gasteiger partial charge in [0, 0.05) is 0 Å². The lowest BCUT2D eigenvalue weighted by Gasteiger charge is -2.19. The Morgan fingerprint density at radius 3 is 1.58 bits per heavy atom. The molecule has 5 aromatic rings. The Bertz CT molecular complexity index is 1540. The molecule has 0 saturated carbocycles. The molecule has 33 heavy (non-hydrogen) atoms. The average Bonchev–Trinajstić information content (AvgIpc) is 2.80. The highest BCUT2D eigenvalue weighted by Crippen LogP contribution is 2.42. The zero-order valence-electron chi connectivity index (χ0n) is 18.0. The molecule has 5 rings (SSSR count). The fraction of sp³-hybridized carbons (Fsp3) is 0.111. The van der Waals surface area contributed by atoms with Gasteiger partial charge in [0.2, 0.25) is 0 Å². The lowest BCUT2D eigenvalue weighted by molar-refractivity contribution is 0.441. The summed E-state index contributed by atoms with van der Waals surface area (Å²) in [5.41, 5.74) is 0.786. The van der Waals surface area contributed by atoms with Crippen molar-refractivity contribution >= 4 is 21.9 Å². The van der Waals surface area contributed by atoms with Crippen LogP contribution in [0.4, 0.5) is 0 Å². The van der Waals surface area contributed by atoms with Crippen molar-refractivity contribution in [2.24, 2.45) is 0 Å². The van der Waals surface area contributed by atoms with Gasteiger partial charge in [-0.2, -0.15) is 0 Å². The normalized spacial score (nSPS) is 11.5. The first-order valence-electron chi connectivity index (χ1n) is 10.4. The second-order valence-corrected chi connectivity index (χ2v) is 8.15. The van der Waals surface area contributed by atoms with Gasteiger partial charge in [-0.3, -0.25) is 0 Å². The SMILES string of the molecule is Cc1ccc2oc(=O)c(C(c3ccccc3)c3c(O)c4cc(C)ccc4oc3=O)c(O)c2c1. The summed E-state index contributed by atoms with van der Waals surface area (Å²) in [5, 5.41) is 23.1. The molecule has 6 heteroatoms. The average molecular weight is 440 g/mol. The molecule has 0 bridgehead atoms. The number of hydrogen-bond donors (Lipinski definition) is 2. The number of aryl methyl sites for hydroxylation is 2. The van der Waals surface area contributed by atoms with Gasteiger partial charge in [0.25, 0.3) is 0 Å². The van der Waals surface area contributed by atoms with Gasteiger partial charge >= 0.3 is 11.3 Å². The third-order valence-corrected chi connectivity index (χ3v) is 5.85. The third-order valence-electron chi connectivity index (χ3n) is 5.85. The van der Waals surface area contributed by atoms with Crippen molar-refractivity contribution in [3.05, 3.63) is 115 Å². The van der Waals surface area contributed by atoms with Gasteiger partial charge < -0.3 is 19.0 Å². The molecule has 2 heterocycles. The second-order valence-electron chi connectivity index (χ2n) is 8.15. The molecule has 0 fully saturated rings. The van der Waals surface area contributed by atoms with E-state index in [-0.39, 0.29) is 33.8 Å². The number of rotatable bonds is 3. The van der Waals surface area contributed by atoms with Crippen LogP contribution in [0.3, 0.4) is 0 Å². The van der Waals surface area contributed by atoms with Gasteiger partial charge in [-0.05, 0) is 43.7 Å². The minimum atomic E-state index is -1.12. The van der Waals surface area contributed by atoms with Crippen molar-refractivity contribution in [1.29, 1.82) is 0 Å². The molecule has 0 unspecified atom stereocenters. The van der Waals surface area contributed by atoms with E-state index in [0.717, 1.165) is 11.1 Å². The molecule has 164 valence electrons. The maximum absolute atomic E-state index is 13.1. The van der Waals surface area contributed by atoms with Crippen molar-refractivity contribution in [2.45, 2.75) is 19.8 Å². The molecule has 0 aliphatic carbocycles. The molecular weight excluding hydrogens is 420 g/mol. The molecule has 0 radical (unpaired) electrons. The Kier molecular flexibility index (Phi) is 4.78. The molecule has 6 nitrogen and oxygen atoms in total. The molecule has 0 atom stereocenters. The monoisotopic (exact) mass is 440 g/mol. The van der Waals surface area contributed by atoms with Crippen LogP contribution in [0.1, 0.15) is 33.7 Å². The summed E-state index contributed by atoms with van der Waals surface area (Å²) in [6, 6.07) is 18.9. The largest absolute Gasteiger partial charge is 0.507 e. The second kappa shape index (κ2) is 7.67. The fourth-order valence-corrected chi connectivity index (χ4v) is 4.26. The van der Waals surface area contributed by atoms with Crippen LogP contribution in [0.15, 0.2) is 85.2 Å². The number of fused-ring (bicyclic) bond motifs is 2. The first kappa shape index (κ1) is 20.6. The Labute approximate surface area is 188 Å². The highest BCUT2D eigenvalue weighted by Gasteiger charge is 2.32. The highest BCUT2D eigenvalue weighted by molar-refractivity contribution is 5.87. The smallest absolute Gasteiger partial charge is 0.344 e. The summed E-state index contributed by atoms with van der Waals surface area (Å²) in [6.45, 7) is 3.70. The van der Waals surface area contributed by atoms with E-state index >= 15 is 0 Å². The molecule has 0 saturated heterocycles. The number of hydrogen-bond acceptors (Lipinski definition) is 6. The van der Waals surface area contributed by atoms with E-state index < -0.39 is 17.2 Å². The van der Waals surface area contributed by atoms with Crippen LogP contribution in [0.2, 0.25) is 0 Å². The van der Waals surface area contributed by atoms with E-state index in [9.17, 15) is 19.8 Å². The van der Waals surface area contributed by atoms with E-state index in [1.54, 1.807) is 66.7 Å². The Hall–Kier alpha value is -4.32. The van der Waals surface area contributed by atoms with Crippen molar-refractivity contribution in [2.75, 3.05) is 0 Å². The molecule has 0 spiro atoms. The first-order chi connectivity index (χ1) is 15.8. The number of benzene rings is 3. The Morgan fingerprint density at radius 1 is 0.667 bits per heavy atom. The van der Waals surface area contributed by atoms with Gasteiger partial charge in [0.15, 0.2) is 0 Å². The van der Waals surface area contributed by atoms with Crippen LogP contribution >= 0.6 is 0 Å². The van der Waals surface area contributed by atoms with E-state index in [4.69, 9.17) is 8.83 Å². The quantitative estimate of drug-likeness (QED) is 0.378. The lowest BCUT2D eigenvalue weighted by atomic mass is 9.84. The molecule has 2 N–H and O–H groups in total. The molecule has 3 aromatic carbocycles. The summed E-state index contributed by atoms with van der Waals surface area (Å²) in [7, 11) is 0. The highest BCUT2D eigenvalue weighted by atomic mass is 16.4.